The van der Waals surface area contributed by atoms with Crippen LogP contribution in [0.2, 0.25) is 0 Å². The van der Waals surface area contributed by atoms with Crippen LogP contribution in [0.3, 0.4) is 0 Å². The van der Waals surface area contributed by atoms with Gasteiger partial charge in [-0.05, 0) is 37.3 Å². The number of carbonyl (C=O) groups is 2. The van der Waals surface area contributed by atoms with Crippen LogP contribution in [-0.2, 0) is 16.0 Å². The third-order valence-electron chi connectivity index (χ3n) is 6.93. The number of aromatic amines is 1. The molecule has 2 aliphatic rings. The summed E-state index contributed by atoms with van der Waals surface area (Å²) < 4.78 is 0. The van der Waals surface area contributed by atoms with Crippen molar-refractivity contribution in [3.05, 3.63) is 36.0 Å². The topological polar surface area (TPSA) is 82.4 Å². The Balaban J connectivity index is 1.29. The maximum Gasteiger partial charge on any atom is 0.239 e. The number of piperazine rings is 1. The van der Waals surface area contributed by atoms with Crippen LogP contribution in [0.15, 0.2) is 30.5 Å². The molecular weight excluding hydrogens is 376 g/mol. The SMILES string of the molecule is C[C@H]1CN(C(=O)[C@H](N)Cc2c[nH]c3ccccc23)CCN1C(=O)CCC1CCCC1. The van der Waals surface area contributed by atoms with Gasteiger partial charge in [-0.3, -0.25) is 9.59 Å². The number of H-pyrrole nitrogens is 1. The maximum absolute atomic E-state index is 13.0. The average Bonchev–Trinajstić information content (AvgIpc) is 3.41. The highest BCUT2D eigenvalue weighted by atomic mass is 16.2. The zero-order valence-corrected chi connectivity index (χ0v) is 18.0. The highest BCUT2D eigenvalue weighted by Crippen LogP contribution is 2.29. The van der Waals surface area contributed by atoms with Crippen molar-refractivity contribution in [1.82, 2.24) is 14.8 Å². The number of rotatable bonds is 6. The number of nitrogens with two attached hydrogens (primary N) is 1. The summed E-state index contributed by atoms with van der Waals surface area (Å²) in [5.41, 5.74) is 8.43. The van der Waals surface area contributed by atoms with Gasteiger partial charge < -0.3 is 20.5 Å². The van der Waals surface area contributed by atoms with Gasteiger partial charge in [-0.2, -0.15) is 0 Å². The van der Waals surface area contributed by atoms with Crippen molar-refractivity contribution < 1.29 is 9.59 Å². The molecule has 1 saturated carbocycles. The molecule has 1 aliphatic carbocycles. The number of carbonyl (C=O) groups excluding carboxylic acids is 2. The van der Waals surface area contributed by atoms with Gasteiger partial charge in [0.05, 0.1) is 6.04 Å². The van der Waals surface area contributed by atoms with Crippen molar-refractivity contribution in [3.63, 3.8) is 0 Å². The average molecular weight is 411 g/mol. The molecule has 162 valence electrons. The Bertz CT molecular complexity index is 886. The minimum absolute atomic E-state index is 0.0230. The van der Waals surface area contributed by atoms with E-state index >= 15 is 0 Å². The Morgan fingerprint density at radius 2 is 1.97 bits per heavy atom. The number of amides is 2. The number of nitrogens with one attached hydrogen (secondary N) is 1. The van der Waals surface area contributed by atoms with Crippen molar-refractivity contribution in [2.45, 2.75) is 64.0 Å². The van der Waals surface area contributed by atoms with Gasteiger partial charge in [0.1, 0.15) is 0 Å². The smallest absolute Gasteiger partial charge is 0.239 e. The third kappa shape index (κ3) is 4.53. The molecule has 30 heavy (non-hydrogen) atoms. The van der Waals surface area contributed by atoms with E-state index in [1.54, 1.807) is 0 Å². The highest BCUT2D eigenvalue weighted by molar-refractivity contribution is 5.86. The first-order chi connectivity index (χ1) is 14.5. The minimum atomic E-state index is -0.568. The fraction of sp³-hybridized carbons (Fsp3) is 0.583. The normalized spacial score (nSPS) is 21.3. The van der Waals surface area contributed by atoms with Gasteiger partial charge in [-0.15, -0.1) is 0 Å². The largest absolute Gasteiger partial charge is 0.361 e. The Morgan fingerprint density at radius 1 is 1.20 bits per heavy atom. The molecule has 1 aliphatic heterocycles. The molecule has 0 unspecified atom stereocenters. The van der Waals surface area contributed by atoms with Crippen LogP contribution < -0.4 is 5.73 Å². The van der Waals surface area contributed by atoms with Gasteiger partial charge in [0.2, 0.25) is 11.8 Å². The molecule has 0 bridgehead atoms. The van der Waals surface area contributed by atoms with Crippen LogP contribution >= 0.6 is 0 Å². The number of hydrogen-bond donors (Lipinski definition) is 2. The first-order valence-corrected chi connectivity index (χ1v) is 11.4. The van der Waals surface area contributed by atoms with E-state index in [0.29, 0.717) is 32.5 Å². The molecule has 3 N–H and O–H groups in total. The van der Waals surface area contributed by atoms with Crippen molar-refractivity contribution in [2.75, 3.05) is 19.6 Å². The first kappa shape index (κ1) is 20.9. The summed E-state index contributed by atoms with van der Waals surface area (Å²) >= 11 is 0. The first-order valence-electron chi connectivity index (χ1n) is 11.4. The lowest BCUT2D eigenvalue weighted by Gasteiger charge is -2.41. The molecule has 2 heterocycles. The molecule has 6 nitrogen and oxygen atoms in total. The lowest BCUT2D eigenvalue weighted by atomic mass is 10.0. The van der Waals surface area contributed by atoms with Crippen molar-refractivity contribution in [1.29, 1.82) is 0 Å². The number of aromatic nitrogens is 1. The Morgan fingerprint density at radius 3 is 2.73 bits per heavy atom. The summed E-state index contributed by atoms with van der Waals surface area (Å²) in [5.74, 6) is 0.949. The predicted molar refractivity (Wildman–Crippen MR) is 119 cm³/mol. The number of nitrogens with zero attached hydrogens (tertiary/aromatic N) is 2. The second-order valence-electron chi connectivity index (χ2n) is 9.08. The van der Waals surface area contributed by atoms with Crippen LogP contribution in [0, 0.1) is 5.92 Å². The minimum Gasteiger partial charge on any atom is -0.361 e. The van der Waals surface area contributed by atoms with Crippen molar-refractivity contribution >= 4 is 22.7 Å². The summed E-state index contributed by atoms with van der Waals surface area (Å²) in [6.07, 6.45) is 9.30. The fourth-order valence-electron chi connectivity index (χ4n) is 5.16. The number of hydrogen-bond acceptors (Lipinski definition) is 3. The Kier molecular flexibility index (Phi) is 6.42. The lowest BCUT2D eigenvalue weighted by Crippen LogP contribution is -2.58. The Labute approximate surface area is 178 Å². The van der Waals surface area contributed by atoms with Gasteiger partial charge in [0, 0.05) is 49.2 Å². The molecule has 0 spiro atoms. The third-order valence-corrected chi connectivity index (χ3v) is 6.93. The van der Waals surface area contributed by atoms with Crippen molar-refractivity contribution in [2.24, 2.45) is 11.7 Å². The van der Waals surface area contributed by atoms with Crippen molar-refractivity contribution in [3.8, 4) is 0 Å². The molecule has 1 saturated heterocycles. The maximum atomic E-state index is 13.0. The summed E-state index contributed by atoms with van der Waals surface area (Å²) in [6.45, 7) is 3.78. The molecule has 1 aromatic carbocycles. The molecule has 1 aromatic heterocycles. The molecule has 2 fully saturated rings. The van der Waals surface area contributed by atoms with Gasteiger partial charge >= 0.3 is 0 Å². The van der Waals surface area contributed by atoms with Crippen LogP contribution in [0.1, 0.15) is 51.0 Å². The van der Waals surface area contributed by atoms with Crippen LogP contribution in [0.25, 0.3) is 10.9 Å². The van der Waals surface area contributed by atoms with E-state index < -0.39 is 6.04 Å². The quantitative estimate of drug-likeness (QED) is 0.768. The van der Waals surface area contributed by atoms with Gasteiger partial charge in [-0.1, -0.05) is 43.9 Å². The van der Waals surface area contributed by atoms with Crippen LogP contribution in [0.4, 0.5) is 0 Å². The standard InChI is InChI=1S/C24H34N4O2/c1-17-16-27(12-13-28(17)23(29)11-10-18-6-2-3-7-18)24(30)21(25)14-19-15-26-22-9-5-4-8-20(19)22/h4-5,8-9,15,17-18,21,26H,2-3,6-7,10-14,16,25H2,1H3/t17-,21+/m0/s1. The predicted octanol–water partition coefficient (Wildman–Crippen LogP) is 3.07. The van der Waals surface area contributed by atoms with Crippen LogP contribution in [0.5, 0.6) is 0 Å². The second-order valence-corrected chi connectivity index (χ2v) is 9.08. The monoisotopic (exact) mass is 410 g/mol. The fourth-order valence-corrected chi connectivity index (χ4v) is 5.16. The summed E-state index contributed by atoms with van der Waals surface area (Å²) in [7, 11) is 0. The second kappa shape index (κ2) is 9.21. The molecular formula is C24H34N4O2. The molecule has 6 heteroatoms. The lowest BCUT2D eigenvalue weighted by molar-refractivity contribution is -0.143. The number of benzene rings is 1. The van der Waals surface area contributed by atoms with E-state index in [1.165, 1.54) is 25.7 Å². The van der Waals surface area contributed by atoms with E-state index in [9.17, 15) is 9.59 Å². The van der Waals surface area contributed by atoms with E-state index in [1.807, 2.05) is 41.1 Å². The highest BCUT2D eigenvalue weighted by Gasteiger charge is 2.32. The summed E-state index contributed by atoms with van der Waals surface area (Å²) in [5, 5.41) is 1.12. The number of fused-ring (bicyclic) bond motifs is 1. The molecule has 2 atom stereocenters. The van der Waals surface area contributed by atoms with E-state index in [-0.39, 0.29) is 17.9 Å². The molecule has 4 rings (SSSR count). The van der Waals surface area contributed by atoms with Gasteiger partial charge in [0.25, 0.3) is 0 Å². The zero-order chi connectivity index (χ0) is 21.1. The van der Waals surface area contributed by atoms with Gasteiger partial charge in [-0.25, -0.2) is 0 Å². The van der Waals surface area contributed by atoms with E-state index in [4.69, 9.17) is 5.73 Å². The summed E-state index contributed by atoms with van der Waals surface area (Å²) in [4.78, 5) is 32.7. The van der Waals surface area contributed by atoms with E-state index in [2.05, 4.69) is 11.1 Å². The molecule has 2 aromatic rings. The summed E-state index contributed by atoms with van der Waals surface area (Å²) in [6, 6.07) is 7.54. The zero-order valence-electron chi connectivity index (χ0n) is 18.0. The Hall–Kier alpha value is -2.34. The van der Waals surface area contributed by atoms with Crippen LogP contribution in [-0.4, -0.2) is 58.3 Å². The van der Waals surface area contributed by atoms with E-state index in [0.717, 1.165) is 28.8 Å². The molecule has 0 radical (unpaired) electrons. The van der Waals surface area contributed by atoms with Gasteiger partial charge in [0.15, 0.2) is 0 Å². The molecule has 2 amide bonds. The number of para-hydroxylation sites is 1.